The molecule has 0 radical (unpaired) electrons. The minimum atomic E-state index is -1.39. The normalized spacial score (nSPS) is 14.2. The Kier molecular flexibility index (Phi) is 6.83. The van der Waals surface area contributed by atoms with Crippen LogP contribution in [0, 0.1) is 0 Å². The third kappa shape index (κ3) is 5.65. The molecule has 2 atom stereocenters. The van der Waals surface area contributed by atoms with Crippen molar-refractivity contribution in [3.8, 4) is 0 Å². The first-order valence-corrected chi connectivity index (χ1v) is 8.19. The molecule has 22 heavy (non-hydrogen) atoms. The van der Waals surface area contributed by atoms with Gasteiger partial charge in [0, 0.05) is 18.8 Å². The Morgan fingerprint density at radius 2 is 2.14 bits per heavy atom. The number of nitrogens with zero attached hydrogens (tertiary/aromatic N) is 2. The van der Waals surface area contributed by atoms with Crippen molar-refractivity contribution in [2.24, 2.45) is 0 Å². The fourth-order valence-corrected chi connectivity index (χ4v) is 2.35. The molecule has 1 N–H and O–H groups in total. The Morgan fingerprint density at radius 1 is 1.45 bits per heavy atom. The van der Waals surface area contributed by atoms with Gasteiger partial charge in [0.2, 0.25) is 0 Å². The van der Waals surface area contributed by atoms with Gasteiger partial charge in [-0.1, -0.05) is 6.58 Å². The predicted octanol–water partition coefficient (Wildman–Crippen LogP) is 1.86. The first kappa shape index (κ1) is 18.4. The molecule has 0 saturated heterocycles. The molecule has 7 heteroatoms. The van der Waals surface area contributed by atoms with Crippen molar-refractivity contribution in [2.75, 3.05) is 6.61 Å². The smallest absolute Gasteiger partial charge is 0.324 e. The lowest BCUT2D eigenvalue weighted by Gasteiger charge is -2.23. The van der Waals surface area contributed by atoms with Gasteiger partial charge in [-0.15, -0.1) is 0 Å². The summed E-state index contributed by atoms with van der Waals surface area (Å²) in [6.45, 7) is 11.4. The summed E-state index contributed by atoms with van der Waals surface area (Å²) < 4.78 is 19.6. The van der Waals surface area contributed by atoms with Crippen molar-refractivity contribution in [2.45, 2.75) is 44.9 Å². The molecule has 0 aliphatic heterocycles. The number of ether oxygens (including phenoxy) is 1. The van der Waals surface area contributed by atoms with E-state index in [2.05, 4.69) is 21.3 Å². The molecule has 0 spiro atoms. The predicted molar refractivity (Wildman–Crippen MR) is 87.1 cm³/mol. The van der Waals surface area contributed by atoms with Crippen LogP contribution in [0.5, 0.6) is 0 Å². The highest BCUT2D eigenvalue weighted by Crippen LogP contribution is 2.17. The second-order valence-electron chi connectivity index (χ2n) is 5.70. The SMILES string of the molecule is C=C(C[C@@H](N[S@](=O)C(C)(C)C)C(=O)OCC)c1cnccn1. The molecular formula is C15H23N3O3S. The van der Waals surface area contributed by atoms with E-state index >= 15 is 0 Å². The van der Waals surface area contributed by atoms with Gasteiger partial charge in [0.25, 0.3) is 0 Å². The van der Waals surface area contributed by atoms with Crippen molar-refractivity contribution in [3.05, 3.63) is 30.9 Å². The third-order valence-corrected chi connectivity index (χ3v) is 4.36. The molecule has 0 aliphatic rings. The van der Waals surface area contributed by atoms with Crippen LogP contribution in [0.4, 0.5) is 0 Å². The molecule has 1 aromatic rings. The molecule has 0 unspecified atom stereocenters. The van der Waals surface area contributed by atoms with E-state index in [0.717, 1.165) is 0 Å². The molecular weight excluding hydrogens is 302 g/mol. The van der Waals surface area contributed by atoms with Gasteiger partial charge in [-0.3, -0.25) is 14.8 Å². The summed E-state index contributed by atoms with van der Waals surface area (Å²) in [7, 11) is -1.39. The van der Waals surface area contributed by atoms with E-state index in [4.69, 9.17) is 4.74 Å². The van der Waals surface area contributed by atoms with Crippen LogP contribution >= 0.6 is 0 Å². The van der Waals surface area contributed by atoms with Gasteiger partial charge in [0.05, 0.1) is 34.2 Å². The second kappa shape index (κ2) is 8.14. The van der Waals surface area contributed by atoms with Crippen molar-refractivity contribution < 1.29 is 13.7 Å². The number of hydrogen-bond acceptors (Lipinski definition) is 5. The Morgan fingerprint density at radius 3 is 2.64 bits per heavy atom. The number of rotatable bonds is 7. The van der Waals surface area contributed by atoms with Gasteiger partial charge in [0.15, 0.2) is 0 Å². The Balaban J connectivity index is 2.85. The summed E-state index contributed by atoms with van der Waals surface area (Å²) in [6, 6.07) is -0.741. The molecule has 1 heterocycles. The van der Waals surface area contributed by atoms with Gasteiger partial charge >= 0.3 is 5.97 Å². The standard InChI is InChI=1S/C15H23N3O3S/c1-6-21-14(19)12(18-22(20)15(3,4)5)9-11(2)13-10-16-7-8-17-13/h7-8,10,12,18H,2,6,9H2,1,3-5H3/t12-,22-/m1/s1. The van der Waals surface area contributed by atoms with Crippen LogP contribution in [0.2, 0.25) is 0 Å². The zero-order valence-electron chi connectivity index (χ0n) is 13.5. The monoisotopic (exact) mass is 325 g/mol. The first-order chi connectivity index (χ1) is 10.3. The van der Waals surface area contributed by atoms with E-state index in [0.29, 0.717) is 11.3 Å². The first-order valence-electron chi connectivity index (χ1n) is 7.04. The van der Waals surface area contributed by atoms with Crippen molar-refractivity contribution in [1.82, 2.24) is 14.7 Å². The fourth-order valence-electron chi connectivity index (χ4n) is 1.55. The quantitative estimate of drug-likeness (QED) is 0.774. The van der Waals surface area contributed by atoms with Crippen LogP contribution in [0.3, 0.4) is 0 Å². The molecule has 1 rings (SSSR count). The molecule has 1 aromatic heterocycles. The Labute approximate surface area is 134 Å². The highest BCUT2D eigenvalue weighted by molar-refractivity contribution is 7.84. The minimum absolute atomic E-state index is 0.249. The molecule has 0 bridgehead atoms. The summed E-state index contributed by atoms with van der Waals surface area (Å²) in [5.41, 5.74) is 1.23. The van der Waals surface area contributed by atoms with E-state index in [9.17, 15) is 9.00 Å². The highest BCUT2D eigenvalue weighted by Gasteiger charge is 2.28. The van der Waals surface area contributed by atoms with Crippen molar-refractivity contribution in [3.63, 3.8) is 0 Å². The van der Waals surface area contributed by atoms with Crippen LogP contribution in [-0.2, 0) is 20.5 Å². The average molecular weight is 325 g/mol. The van der Waals surface area contributed by atoms with Gasteiger partial charge in [0.1, 0.15) is 6.04 Å². The summed E-state index contributed by atoms with van der Waals surface area (Å²) in [5, 5.41) is 0. The largest absolute Gasteiger partial charge is 0.465 e. The molecule has 0 fully saturated rings. The lowest BCUT2D eigenvalue weighted by atomic mass is 10.1. The number of nitrogens with one attached hydrogen (secondary N) is 1. The van der Waals surface area contributed by atoms with Crippen LogP contribution in [0.1, 0.15) is 39.8 Å². The topological polar surface area (TPSA) is 81.2 Å². The minimum Gasteiger partial charge on any atom is -0.465 e. The van der Waals surface area contributed by atoms with Crippen LogP contribution in [-0.4, -0.2) is 37.5 Å². The maximum atomic E-state index is 12.2. The van der Waals surface area contributed by atoms with E-state index in [1.165, 1.54) is 0 Å². The van der Waals surface area contributed by atoms with Crippen LogP contribution < -0.4 is 4.72 Å². The van der Waals surface area contributed by atoms with Gasteiger partial charge in [-0.05, 0) is 33.3 Å². The molecule has 6 nitrogen and oxygen atoms in total. The molecule has 0 aliphatic carbocycles. The summed E-state index contributed by atoms with van der Waals surface area (Å²) in [5.74, 6) is -0.454. The third-order valence-electron chi connectivity index (χ3n) is 2.75. The fraction of sp³-hybridized carbons (Fsp3) is 0.533. The Bertz CT molecular complexity index is 541. The van der Waals surface area contributed by atoms with Crippen molar-refractivity contribution in [1.29, 1.82) is 0 Å². The number of carbonyl (C=O) groups excluding carboxylic acids is 1. The Hall–Kier alpha value is -1.60. The number of esters is 1. The van der Waals surface area contributed by atoms with Gasteiger partial charge in [-0.2, -0.15) is 0 Å². The molecule has 0 aromatic carbocycles. The summed E-state index contributed by atoms with van der Waals surface area (Å²) >= 11 is 0. The van der Waals surface area contributed by atoms with Crippen LogP contribution in [0.15, 0.2) is 25.2 Å². The molecule has 0 amide bonds. The summed E-state index contributed by atoms with van der Waals surface area (Å²) in [4.78, 5) is 20.2. The lowest BCUT2D eigenvalue weighted by Crippen LogP contribution is -2.44. The maximum Gasteiger partial charge on any atom is 0.324 e. The van der Waals surface area contributed by atoms with E-state index < -0.39 is 27.7 Å². The van der Waals surface area contributed by atoms with Gasteiger partial charge in [-0.25, -0.2) is 8.93 Å². The van der Waals surface area contributed by atoms with Gasteiger partial charge < -0.3 is 4.74 Å². The molecule has 122 valence electrons. The average Bonchev–Trinajstić information content (AvgIpc) is 2.46. The maximum absolute atomic E-state index is 12.2. The lowest BCUT2D eigenvalue weighted by molar-refractivity contribution is -0.144. The van der Waals surface area contributed by atoms with E-state index in [-0.39, 0.29) is 13.0 Å². The van der Waals surface area contributed by atoms with Crippen LogP contribution in [0.25, 0.3) is 5.57 Å². The number of carbonyl (C=O) groups is 1. The zero-order valence-corrected chi connectivity index (χ0v) is 14.3. The number of hydrogen-bond donors (Lipinski definition) is 1. The second-order valence-corrected chi connectivity index (χ2v) is 7.70. The number of aromatic nitrogens is 2. The highest BCUT2D eigenvalue weighted by atomic mass is 32.2. The van der Waals surface area contributed by atoms with E-state index in [1.54, 1.807) is 25.5 Å². The zero-order chi connectivity index (χ0) is 16.8. The van der Waals surface area contributed by atoms with Crippen molar-refractivity contribution >= 4 is 22.5 Å². The summed E-state index contributed by atoms with van der Waals surface area (Å²) in [6.07, 6.45) is 4.94. The molecule has 0 saturated carbocycles. The van der Waals surface area contributed by atoms with E-state index in [1.807, 2.05) is 20.8 Å².